The van der Waals surface area contributed by atoms with E-state index in [1.54, 1.807) is 6.07 Å². The topological polar surface area (TPSA) is 85.9 Å². The van der Waals surface area contributed by atoms with Crippen molar-refractivity contribution >= 4 is 23.2 Å². The Hall–Kier alpha value is -3.06. The molecule has 0 saturated heterocycles. The van der Waals surface area contributed by atoms with Gasteiger partial charge in [0.05, 0.1) is 0 Å². The van der Waals surface area contributed by atoms with Crippen molar-refractivity contribution in [3.8, 4) is 11.5 Å². The van der Waals surface area contributed by atoms with E-state index in [-0.39, 0.29) is 24.3 Å². The summed E-state index contributed by atoms with van der Waals surface area (Å²) in [7, 11) is 1.46. The van der Waals surface area contributed by atoms with Gasteiger partial charge in [0.2, 0.25) is 11.8 Å². The molecule has 0 saturated carbocycles. The summed E-state index contributed by atoms with van der Waals surface area (Å²) >= 11 is 0. The van der Waals surface area contributed by atoms with Gasteiger partial charge in [-0.15, -0.1) is 0 Å². The highest BCUT2D eigenvalue weighted by atomic mass is 16.6. The molecule has 27 heavy (non-hydrogen) atoms. The number of hydrogen-bond donors (Lipinski definition) is 2. The van der Waals surface area contributed by atoms with Crippen molar-refractivity contribution in [1.82, 2.24) is 0 Å². The maximum absolute atomic E-state index is 12.3. The molecule has 2 aliphatic rings. The highest BCUT2D eigenvalue weighted by molar-refractivity contribution is 5.97. The zero-order valence-electron chi connectivity index (χ0n) is 14.9. The second-order valence-corrected chi connectivity index (χ2v) is 6.49. The van der Waals surface area contributed by atoms with Crippen LogP contribution < -0.4 is 20.1 Å². The van der Waals surface area contributed by atoms with Crippen LogP contribution in [0.5, 0.6) is 11.5 Å². The average molecular weight is 368 g/mol. The van der Waals surface area contributed by atoms with Crippen molar-refractivity contribution in [2.24, 2.45) is 0 Å². The third kappa shape index (κ3) is 3.59. The number of methoxy groups -OCH3 is 1. The second-order valence-electron chi connectivity index (χ2n) is 6.49. The molecular weight excluding hydrogens is 348 g/mol. The number of nitrogens with one attached hydrogen (secondary N) is 2. The molecule has 7 heteroatoms. The standard InChI is InChI=1S/C20H20N2O5/c1-25-11-20(24)21-13-3-4-14-15(10-19(23)22-16(14)9-13)12-2-5-17-18(8-12)27-7-6-26-17/h2-5,8-9,15H,6-7,10-11H2,1H3,(H,21,24)(H,22,23). The Morgan fingerprint density at radius 1 is 1.19 bits per heavy atom. The Bertz CT molecular complexity index is 896. The van der Waals surface area contributed by atoms with Crippen molar-refractivity contribution in [2.75, 3.05) is 37.6 Å². The molecule has 2 aliphatic heterocycles. The first kappa shape index (κ1) is 17.4. The molecule has 2 heterocycles. The highest BCUT2D eigenvalue weighted by Gasteiger charge is 2.28. The summed E-state index contributed by atoms with van der Waals surface area (Å²) < 4.78 is 16.1. The molecule has 2 amide bonds. The van der Waals surface area contributed by atoms with Gasteiger partial charge in [-0.3, -0.25) is 9.59 Å². The molecule has 2 aromatic carbocycles. The fraction of sp³-hybridized carbons (Fsp3) is 0.300. The van der Waals surface area contributed by atoms with E-state index >= 15 is 0 Å². The van der Waals surface area contributed by atoms with E-state index in [2.05, 4.69) is 10.6 Å². The molecule has 1 unspecified atom stereocenters. The summed E-state index contributed by atoms with van der Waals surface area (Å²) in [5, 5.41) is 5.64. The molecule has 0 bridgehead atoms. The normalized spacial score (nSPS) is 17.7. The predicted molar refractivity (Wildman–Crippen MR) is 99.5 cm³/mol. The van der Waals surface area contributed by atoms with Crippen LogP contribution in [0, 0.1) is 0 Å². The number of rotatable bonds is 4. The number of fused-ring (bicyclic) bond motifs is 2. The first-order chi connectivity index (χ1) is 13.1. The summed E-state index contributed by atoms with van der Waals surface area (Å²) in [6.45, 7) is 1.03. The van der Waals surface area contributed by atoms with Crippen molar-refractivity contribution < 1.29 is 23.8 Å². The molecular formula is C20H20N2O5. The molecule has 140 valence electrons. The van der Waals surface area contributed by atoms with Gasteiger partial charge in [-0.2, -0.15) is 0 Å². The maximum Gasteiger partial charge on any atom is 0.250 e. The molecule has 0 aliphatic carbocycles. The average Bonchev–Trinajstić information content (AvgIpc) is 2.67. The maximum atomic E-state index is 12.3. The van der Waals surface area contributed by atoms with Crippen LogP contribution in [-0.2, 0) is 14.3 Å². The minimum Gasteiger partial charge on any atom is -0.486 e. The van der Waals surface area contributed by atoms with Gasteiger partial charge in [0.1, 0.15) is 19.8 Å². The molecule has 7 nitrogen and oxygen atoms in total. The molecule has 2 N–H and O–H groups in total. The SMILES string of the molecule is COCC(=O)Nc1ccc2c(c1)NC(=O)CC2c1ccc2c(c1)OCCO2. The zero-order valence-corrected chi connectivity index (χ0v) is 14.9. The third-order valence-electron chi connectivity index (χ3n) is 4.62. The van der Waals surface area contributed by atoms with Gasteiger partial charge in [-0.1, -0.05) is 12.1 Å². The van der Waals surface area contributed by atoms with Crippen LogP contribution in [0.4, 0.5) is 11.4 Å². The van der Waals surface area contributed by atoms with Crippen LogP contribution in [-0.4, -0.2) is 38.7 Å². The Balaban J connectivity index is 1.65. The largest absolute Gasteiger partial charge is 0.486 e. The highest BCUT2D eigenvalue weighted by Crippen LogP contribution is 2.41. The minimum atomic E-state index is -0.247. The molecule has 4 rings (SSSR count). The van der Waals surface area contributed by atoms with Crippen molar-refractivity contribution in [3.05, 3.63) is 47.5 Å². The Labute approximate surface area is 156 Å². The lowest BCUT2D eigenvalue weighted by Crippen LogP contribution is -2.24. The quantitative estimate of drug-likeness (QED) is 0.866. The minimum absolute atomic E-state index is 0.0245. The van der Waals surface area contributed by atoms with Gasteiger partial charge >= 0.3 is 0 Å². The van der Waals surface area contributed by atoms with Crippen LogP contribution in [0.15, 0.2) is 36.4 Å². The lowest BCUT2D eigenvalue weighted by Gasteiger charge is -2.28. The summed E-state index contributed by atoms with van der Waals surface area (Å²) in [6.07, 6.45) is 0.349. The van der Waals surface area contributed by atoms with Gasteiger partial charge in [0, 0.05) is 30.8 Å². The van der Waals surface area contributed by atoms with Gasteiger partial charge in [0.25, 0.3) is 0 Å². The fourth-order valence-electron chi connectivity index (χ4n) is 3.45. The van der Waals surface area contributed by atoms with Gasteiger partial charge < -0.3 is 24.8 Å². The Morgan fingerprint density at radius 3 is 2.81 bits per heavy atom. The Morgan fingerprint density at radius 2 is 2.00 bits per heavy atom. The molecule has 0 fully saturated rings. The number of ether oxygens (including phenoxy) is 3. The summed E-state index contributed by atoms with van der Waals surface area (Å²) in [5.74, 6) is 1.02. The number of carbonyl (C=O) groups is 2. The number of carbonyl (C=O) groups excluding carboxylic acids is 2. The molecule has 1 atom stereocenters. The first-order valence-corrected chi connectivity index (χ1v) is 8.76. The number of benzene rings is 2. The van der Waals surface area contributed by atoms with E-state index in [1.165, 1.54) is 7.11 Å². The molecule has 2 aromatic rings. The summed E-state index contributed by atoms with van der Waals surface area (Å²) in [5.41, 5.74) is 3.29. The van der Waals surface area contributed by atoms with Crippen LogP contribution in [0.2, 0.25) is 0 Å². The van der Waals surface area contributed by atoms with E-state index in [1.807, 2.05) is 30.3 Å². The van der Waals surface area contributed by atoms with E-state index < -0.39 is 0 Å². The predicted octanol–water partition coefficient (Wildman–Crippen LogP) is 2.52. The molecule has 0 radical (unpaired) electrons. The van der Waals surface area contributed by atoms with Gasteiger partial charge in [0.15, 0.2) is 11.5 Å². The number of anilines is 2. The smallest absolute Gasteiger partial charge is 0.250 e. The zero-order chi connectivity index (χ0) is 18.8. The van der Waals surface area contributed by atoms with Crippen molar-refractivity contribution in [2.45, 2.75) is 12.3 Å². The van der Waals surface area contributed by atoms with E-state index in [4.69, 9.17) is 14.2 Å². The first-order valence-electron chi connectivity index (χ1n) is 8.76. The van der Waals surface area contributed by atoms with Crippen LogP contribution in [0.1, 0.15) is 23.5 Å². The summed E-state index contributed by atoms with van der Waals surface area (Å²) in [4.78, 5) is 24.0. The third-order valence-corrected chi connectivity index (χ3v) is 4.62. The van der Waals surface area contributed by atoms with Crippen LogP contribution in [0.25, 0.3) is 0 Å². The number of amides is 2. The monoisotopic (exact) mass is 368 g/mol. The summed E-state index contributed by atoms with van der Waals surface area (Å²) in [6, 6.07) is 11.3. The van der Waals surface area contributed by atoms with Crippen molar-refractivity contribution in [3.63, 3.8) is 0 Å². The lowest BCUT2D eigenvalue weighted by atomic mass is 9.84. The van der Waals surface area contributed by atoms with Crippen LogP contribution >= 0.6 is 0 Å². The van der Waals surface area contributed by atoms with Crippen LogP contribution in [0.3, 0.4) is 0 Å². The van der Waals surface area contributed by atoms with E-state index in [0.29, 0.717) is 36.8 Å². The lowest BCUT2D eigenvalue weighted by molar-refractivity contribution is -0.119. The fourth-order valence-corrected chi connectivity index (χ4v) is 3.45. The van der Waals surface area contributed by atoms with Gasteiger partial charge in [-0.25, -0.2) is 0 Å². The Kier molecular flexibility index (Phi) is 4.68. The second kappa shape index (κ2) is 7.28. The van der Waals surface area contributed by atoms with Gasteiger partial charge in [-0.05, 0) is 35.4 Å². The van der Waals surface area contributed by atoms with E-state index in [9.17, 15) is 9.59 Å². The molecule has 0 spiro atoms. The van der Waals surface area contributed by atoms with E-state index in [0.717, 1.165) is 16.9 Å². The molecule has 0 aromatic heterocycles. The number of hydrogen-bond acceptors (Lipinski definition) is 5. The van der Waals surface area contributed by atoms with Crippen molar-refractivity contribution in [1.29, 1.82) is 0 Å².